The van der Waals surface area contributed by atoms with Crippen LogP contribution in [-0.2, 0) is 11.3 Å². The molecule has 156 valence electrons. The van der Waals surface area contributed by atoms with Gasteiger partial charge in [0.05, 0.1) is 16.2 Å². The zero-order valence-electron chi connectivity index (χ0n) is 17.0. The van der Waals surface area contributed by atoms with E-state index in [1.807, 2.05) is 66.3 Å². The third-order valence-electron chi connectivity index (χ3n) is 4.85. The molecule has 0 spiro atoms. The van der Waals surface area contributed by atoms with Gasteiger partial charge in [-0.05, 0) is 36.4 Å². The van der Waals surface area contributed by atoms with Crippen molar-refractivity contribution in [3.63, 3.8) is 0 Å². The summed E-state index contributed by atoms with van der Waals surface area (Å²) in [5.41, 5.74) is 3.37. The van der Waals surface area contributed by atoms with E-state index in [-0.39, 0.29) is 11.7 Å². The number of amides is 1. The summed E-state index contributed by atoms with van der Waals surface area (Å²) < 4.78 is 7.58. The predicted octanol–water partition coefficient (Wildman–Crippen LogP) is 4.87. The second-order valence-electron chi connectivity index (χ2n) is 6.80. The Bertz CT molecular complexity index is 1240. The first kappa shape index (κ1) is 20.9. The molecule has 4 aromatic rings. The van der Waals surface area contributed by atoms with Crippen molar-refractivity contribution in [2.45, 2.75) is 25.6 Å². The number of benzene rings is 1. The summed E-state index contributed by atoms with van der Waals surface area (Å²) in [7, 11) is 0. The number of nitrogens with one attached hydrogen (secondary N) is 1. The lowest BCUT2D eigenvalue weighted by molar-refractivity contribution is -0.113. The van der Waals surface area contributed by atoms with Gasteiger partial charge in [-0.1, -0.05) is 48.2 Å². The highest BCUT2D eigenvalue weighted by Gasteiger charge is 2.20. The van der Waals surface area contributed by atoms with Crippen LogP contribution in [0.15, 0.2) is 57.5 Å². The Morgan fingerprint density at radius 1 is 1.23 bits per heavy atom. The molecule has 7 nitrogen and oxygen atoms in total. The van der Waals surface area contributed by atoms with Crippen LogP contribution < -0.4 is 5.32 Å². The van der Waals surface area contributed by atoms with Crippen molar-refractivity contribution in [1.29, 1.82) is 5.26 Å². The van der Waals surface area contributed by atoms with Crippen LogP contribution in [-0.4, -0.2) is 26.4 Å². The van der Waals surface area contributed by atoms with Crippen LogP contribution in [0.3, 0.4) is 0 Å². The Balaban J connectivity index is 1.48. The molecule has 4 rings (SSSR count). The molecular weight excluding hydrogens is 430 g/mol. The van der Waals surface area contributed by atoms with Crippen molar-refractivity contribution in [2.24, 2.45) is 0 Å². The largest absolute Gasteiger partial charge is 0.410 e. The SMILES string of the molecule is Cc1c(C#N)c(NC(=O)CSc2nnc(-c3cccs3)o2)n(Cc2ccccc2)c1C. The fourth-order valence-corrected chi connectivity index (χ4v) is 4.36. The Morgan fingerprint density at radius 3 is 2.74 bits per heavy atom. The van der Waals surface area contributed by atoms with Gasteiger partial charge in [-0.3, -0.25) is 4.79 Å². The summed E-state index contributed by atoms with van der Waals surface area (Å²) in [5.74, 6) is 0.791. The summed E-state index contributed by atoms with van der Waals surface area (Å²) in [4.78, 5) is 13.6. The Labute approximate surface area is 187 Å². The van der Waals surface area contributed by atoms with Gasteiger partial charge in [-0.2, -0.15) is 5.26 Å². The van der Waals surface area contributed by atoms with Gasteiger partial charge in [-0.25, -0.2) is 0 Å². The smallest absolute Gasteiger partial charge is 0.277 e. The summed E-state index contributed by atoms with van der Waals surface area (Å²) in [5, 5.41) is 22.8. The Kier molecular flexibility index (Phi) is 6.21. The molecule has 0 atom stereocenters. The van der Waals surface area contributed by atoms with E-state index in [1.165, 1.54) is 11.3 Å². The zero-order valence-corrected chi connectivity index (χ0v) is 18.6. The molecule has 3 heterocycles. The van der Waals surface area contributed by atoms with Crippen molar-refractivity contribution < 1.29 is 9.21 Å². The van der Waals surface area contributed by atoms with Gasteiger partial charge in [-0.15, -0.1) is 21.5 Å². The highest BCUT2D eigenvalue weighted by Crippen LogP contribution is 2.29. The second-order valence-corrected chi connectivity index (χ2v) is 8.68. The van der Waals surface area contributed by atoms with Gasteiger partial charge in [0.25, 0.3) is 11.1 Å². The second kappa shape index (κ2) is 9.20. The molecule has 0 aliphatic rings. The third kappa shape index (κ3) is 4.55. The molecule has 0 radical (unpaired) electrons. The number of hydrogen-bond acceptors (Lipinski definition) is 7. The maximum Gasteiger partial charge on any atom is 0.277 e. The van der Waals surface area contributed by atoms with Gasteiger partial charge in [0.2, 0.25) is 5.91 Å². The number of thioether (sulfide) groups is 1. The molecule has 9 heteroatoms. The van der Waals surface area contributed by atoms with Crippen LogP contribution in [0.5, 0.6) is 0 Å². The quantitative estimate of drug-likeness (QED) is 0.405. The van der Waals surface area contributed by atoms with Gasteiger partial charge in [0.1, 0.15) is 11.9 Å². The molecule has 0 fully saturated rings. The standard InChI is InChI=1S/C22H19N5O2S2/c1-14-15(2)27(12-16-7-4-3-5-8-16)20(17(14)11-23)24-19(28)13-31-22-26-25-21(29-22)18-9-6-10-30-18/h3-10H,12-13H2,1-2H3,(H,24,28). The number of anilines is 1. The van der Waals surface area contributed by atoms with Gasteiger partial charge in [0.15, 0.2) is 0 Å². The maximum absolute atomic E-state index is 12.7. The van der Waals surface area contributed by atoms with Crippen LogP contribution in [0.1, 0.15) is 22.4 Å². The van der Waals surface area contributed by atoms with Crippen molar-refractivity contribution >= 4 is 34.8 Å². The van der Waals surface area contributed by atoms with E-state index in [4.69, 9.17) is 4.42 Å². The van der Waals surface area contributed by atoms with Crippen LogP contribution in [0.2, 0.25) is 0 Å². The van der Waals surface area contributed by atoms with Crippen molar-refractivity contribution in [2.75, 3.05) is 11.1 Å². The molecule has 1 N–H and O–H groups in total. The molecular formula is C22H19N5O2S2. The molecule has 0 bridgehead atoms. The first-order valence-electron chi connectivity index (χ1n) is 9.50. The first-order valence-corrected chi connectivity index (χ1v) is 11.4. The molecule has 3 aromatic heterocycles. The summed E-state index contributed by atoms with van der Waals surface area (Å²) >= 11 is 2.67. The van der Waals surface area contributed by atoms with Crippen molar-refractivity contribution in [3.05, 3.63) is 70.2 Å². The van der Waals surface area contributed by atoms with Crippen LogP contribution in [0, 0.1) is 25.2 Å². The predicted molar refractivity (Wildman–Crippen MR) is 121 cm³/mol. The number of carbonyl (C=O) groups excluding carboxylic acids is 1. The Hall–Kier alpha value is -3.35. The summed E-state index contributed by atoms with van der Waals surface area (Å²) in [6.07, 6.45) is 0. The maximum atomic E-state index is 12.7. The highest BCUT2D eigenvalue weighted by molar-refractivity contribution is 7.99. The number of carbonyl (C=O) groups is 1. The number of hydrogen-bond donors (Lipinski definition) is 1. The number of thiophene rings is 1. The summed E-state index contributed by atoms with van der Waals surface area (Å²) in [6.45, 7) is 4.41. The van der Waals surface area contributed by atoms with E-state index in [0.717, 1.165) is 33.5 Å². The lowest BCUT2D eigenvalue weighted by Crippen LogP contribution is -2.18. The van der Waals surface area contributed by atoms with Crippen LogP contribution in [0.25, 0.3) is 10.8 Å². The molecule has 0 unspecified atom stereocenters. The molecule has 31 heavy (non-hydrogen) atoms. The monoisotopic (exact) mass is 449 g/mol. The minimum atomic E-state index is -0.246. The van der Waals surface area contributed by atoms with E-state index in [1.54, 1.807) is 0 Å². The van der Waals surface area contributed by atoms with Crippen molar-refractivity contribution in [3.8, 4) is 16.8 Å². The van der Waals surface area contributed by atoms with Crippen LogP contribution >= 0.6 is 23.1 Å². The number of aromatic nitrogens is 3. The first-order chi connectivity index (χ1) is 15.1. The fourth-order valence-electron chi connectivity index (χ4n) is 3.16. The minimum Gasteiger partial charge on any atom is -0.410 e. The number of rotatable bonds is 7. The molecule has 0 aliphatic carbocycles. The molecule has 0 aliphatic heterocycles. The van der Waals surface area contributed by atoms with Crippen LogP contribution in [0.4, 0.5) is 5.82 Å². The zero-order chi connectivity index (χ0) is 21.8. The molecule has 1 amide bonds. The normalized spacial score (nSPS) is 10.7. The highest BCUT2D eigenvalue weighted by atomic mass is 32.2. The number of nitriles is 1. The Morgan fingerprint density at radius 2 is 2.03 bits per heavy atom. The van der Waals surface area contributed by atoms with E-state index < -0.39 is 0 Å². The fraction of sp³-hybridized carbons (Fsp3) is 0.182. The lowest BCUT2D eigenvalue weighted by atomic mass is 10.2. The molecule has 1 aromatic carbocycles. The van der Waals surface area contributed by atoms with Crippen molar-refractivity contribution in [1.82, 2.24) is 14.8 Å². The molecule has 0 saturated heterocycles. The number of nitrogens with zero attached hydrogens (tertiary/aromatic N) is 4. The van der Waals surface area contributed by atoms with E-state index in [2.05, 4.69) is 21.6 Å². The van der Waals surface area contributed by atoms with Gasteiger partial charge >= 0.3 is 0 Å². The van der Waals surface area contributed by atoms with Gasteiger partial charge < -0.3 is 14.3 Å². The van der Waals surface area contributed by atoms with E-state index >= 15 is 0 Å². The van der Waals surface area contributed by atoms with E-state index in [9.17, 15) is 10.1 Å². The lowest BCUT2D eigenvalue weighted by Gasteiger charge is -2.13. The average Bonchev–Trinajstić information content (AvgIpc) is 3.51. The third-order valence-corrected chi connectivity index (χ3v) is 6.52. The average molecular weight is 450 g/mol. The minimum absolute atomic E-state index is 0.0888. The van der Waals surface area contributed by atoms with Gasteiger partial charge in [0, 0.05) is 12.2 Å². The van der Waals surface area contributed by atoms with E-state index in [0.29, 0.717) is 29.0 Å². The molecule has 0 saturated carbocycles. The topological polar surface area (TPSA) is 96.7 Å². The summed E-state index contributed by atoms with van der Waals surface area (Å²) in [6, 6.07) is 16.0.